The molecule has 16 heteroatoms. The van der Waals surface area contributed by atoms with Gasteiger partial charge in [0.05, 0.1) is 29.8 Å². The lowest BCUT2D eigenvalue weighted by atomic mass is 10.1. The van der Waals surface area contributed by atoms with E-state index in [-0.39, 0.29) is 56.0 Å². The van der Waals surface area contributed by atoms with Crippen LogP contribution in [0.3, 0.4) is 0 Å². The van der Waals surface area contributed by atoms with Crippen LogP contribution in [0.15, 0.2) is 94.0 Å². The molecule has 0 radical (unpaired) electrons. The van der Waals surface area contributed by atoms with Crippen LogP contribution in [-0.2, 0) is 32.3 Å². The van der Waals surface area contributed by atoms with E-state index in [1.54, 1.807) is 84.9 Å². The van der Waals surface area contributed by atoms with Crippen LogP contribution in [0, 0.1) is 22.7 Å². The Hall–Kier alpha value is -7.07. The number of esters is 2. The van der Waals surface area contributed by atoms with Crippen LogP contribution in [0.4, 0.5) is 0 Å². The van der Waals surface area contributed by atoms with Crippen LogP contribution in [0.1, 0.15) is 80.0 Å². The van der Waals surface area contributed by atoms with Crippen LogP contribution >= 0.6 is 12.4 Å². The first-order valence-corrected chi connectivity index (χ1v) is 20.2. The minimum absolute atomic E-state index is 0. The van der Waals surface area contributed by atoms with Crippen LogP contribution < -0.4 is 15.2 Å². The number of hydrogen-bond donors (Lipinski definition) is 1. The van der Waals surface area contributed by atoms with Gasteiger partial charge in [0.25, 0.3) is 11.8 Å². The third-order valence-electron chi connectivity index (χ3n) is 10.6. The van der Waals surface area contributed by atoms with Crippen molar-refractivity contribution in [1.29, 1.82) is 10.5 Å². The predicted molar refractivity (Wildman–Crippen MR) is 225 cm³/mol. The van der Waals surface area contributed by atoms with Gasteiger partial charge >= 0.3 is 11.9 Å². The minimum Gasteiger partial charge on any atom is -0.489 e. The highest BCUT2D eigenvalue weighted by atomic mass is 35.5. The summed E-state index contributed by atoms with van der Waals surface area (Å²) in [5.41, 5.74) is 10.7. The van der Waals surface area contributed by atoms with Crippen molar-refractivity contribution in [1.82, 2.24) is 20.3 Å². The number of nitrogens with two attached hydrogens (primary N) is 1. The minimum atomic E-state index is -1.22. The van der Waals surface area contributed by atoms with E-state index < -0.39 is 18.0 Å². The Kier molecular flexibility index (Phi) is 13.9. The van der Waals surface area contributed by atoms with Gasteiger partial charge in [-0.2, -0.15) is 20.5 Å². The average molecular weight is 856 g/mol. The zero-order valence-electron chi connectivity index (χ0n) is 33.5. The first-order chi connectivity index (χ1) is 29.8. The number of carbonyl (C=O) groups is 2. The van der Waals surface area contributed by atoms with E-state index in [9.17, 15) is 20.1 Å². The molecule has 0 saturated heterocycles. The van der Waals surface area contributed by atoms with Gasteiger partial charge in [0.1, 0.15) is 42.9 Å². The maximum atomic E-state index is 12.6. The number of benzene rings is 4. The molecule has 15 nitrogen and oxygen atoms in total. The molecule has 8 rings (SSSR count). The smallest absolute Gasteiger partial charge is 0.323 e. The second-order valence-electron chi connectivity index (χ2n) is 15.0. The third-order valence-corrected chi connectivity index (χ3v) is 10.6. The van der Waals surface area contributed by atoms with Crippen molar-refractivity contribution in [3.8, 4) is 69.3 Å². The predicted octanol–water partition coefficient (Wildman–Crippen LogP) is 8.43. The molecule has 6 aromatic rings. The summed E-state index contributed by atoms with van der Waals surface area (Å²) in [6, 6.07) is 27.7. The van der Waals surface area contributed by atoms with Gasteiger partial charge in [-0.05, 0) is 98.9 Å². The Balaban J connectivity index is 0.00000578. The largest absolute Gasteiger partial charge is 0.489 e. The maximum Gasteiger partial charge on any atom is 0.323 e. The molecule has 0 spiro atoms. The first kappa shape index (κ1) is 43.0. The molecule has 0 aliphatic heterocycles. The molecule has 1 atom stereocenters. The molecule has 62 heavy (non-hydrogen) atoms. The number of rotatable bonds is 15. The number of nitriles is 2. The lowest BCUT2D eigenvalue weighted by Gasteiger charge is -2.14. The van der Waals surface area contributed by atoms with E-state index >= 15 is 0 Å². The van der Waals surface area contributed by atoms with Crippen molar-refractivity contribution < 1.29 is 37.6 Å². The van der Waals surface area contributed by atoms with Crippen molar-refractivity contribution in [2.75, 3.05) is 0 Å². The second-order valence-corrected chi connectivity index (χ2v) is 15.0. The molecule has 2 aliphatic rings. The molecular weight excluding hydrogens is 814 g/mol. The van der Waals surface area contributed by atoms with Gasteiger partial charge in [0.2, 0.25) is 11.6 Å². The molecule has 0 unspecified atom stereocenters. The summed E-state index contributed by atoms with van der Waals surface area (Å²) in [5.74, 6) is 0.915. The molecule has 2 aliphatic carbocycles. The quantitative estimate of drug-likeness (QED) is 0.0957. The normalized spacial score (nSPS) is 14.3. The lowest BCUT2D eigenvalue weighted by molar-refractivity contribution is -0.153. The van der Waals surface area contributed by atoms with Gasteiger partial charge in [0, 0.05) is 22.3 Å². The van der Waals surface area contributed by atoms with Crippen LogP contribution in [-0.4, -0.2) is 50.5 Å². The molecule has 2 saturated carbocycles. The monoisotopic (exact) mass is 855 g/mol. The summed E-state index contributed by atoms with van der Waals surface area (Å²) >= 11 is 0. The summed E-state index contributed by atoms with van der Waals surface area (Å²) in [6.07, 6.45) is 8.35. The third kappa shape index (κ3) is 10.4. The Labute approximate surface area is 363 Å². The van der Waals surface area contributed by atoms with Gasteiger partial charge in [-0.25, -0.2) is 0 Å². The summed E-state index contributed by atoms with van der Waals surface area (Å²) in [4.78, 5) is 34.2. The van der Waals surface area contributed by atoms with Gasteiger partial charge in [0.15, 0.2) is 0 Å². The van der Waals surface area contributed by atoms with Crippen LogP contribution in [0.2, 0.25) is 0 Å². The molecule has 0 amide bonds. The SMILES string of the molecule is Cl.N#Cc1cc(-c2nc(-c3ccc(COC(=O)C[C@H](N)C(=O)OCc4ccc(-c5noc(-c6ccc(OC7CCCC7)c(C#N)c6)n5)cc4)cc3)no2)ccc1OC1CCCC1. The number of ether oxygens (including phenoxy) is 4. The van der Waals surface area contributed by atoms with Crippen LogP contribution in [0.25, 0.3) is 45.7 Å². The highest BCUT2D eigenvalue weighted by Gasteiger charge is 2.23. The Morgan fingerprint density at radius 2 is 1.06 bits per heavy atom. The molecule has 316 valence electrons. The first-order valence-electron chi connectivity index (χ1n) is 20.2. The van der Waals surface area contributed by atoms with E-state index in [2.05, 4.69) is 32.4 Å². The molecule has 2 aromatic heterocycles. The highest BCUT2D eigenvalue weighted by molar-refractivity contribution is 5.85. The van der Waals surface area contributed by atoms with Crippen molar-refractivity contribution >= 4 is 24.3 Å². The Morgan fingerprint density at radius 1 is 0.645 bits per heavy atom. The summed E-state index contributed by atoms with van der Waals surface area (Å²) in [5, 5.41) is 27.6. The van der Waals surface area contributed by atoms with Crippen molar-refractivity contribution in [3.63, 3.8) is 0 Å². The molecular formula is C46H42ClN7O8. The van der Waals surface area contributed by atoms with Gasteiger partial charge in [-0.15, -0.1) is 12.4 Å². The second kappa shape index (κ2) is 20.0. The Morgan fingerprint density at radius 3 is 1.50 bits per heavy atom. The molecule has 2 N–H and O–H groups in total. The molecule has 2 fully saturated rings. The average Bonchev–Trinajstić information content (AvgIpc) is 4.15. The fraction of sp³-hybridized carbons (Fsp3) is 0.304. The van der Waals surface area contributed by atoms with E-state index in [1.807, 2.05) is 0 Å². The number of nitrogens with zero attached hydrogens (tertiary/aromatic N) is 6. The lowest BCUT2D eigenvalue weighted by Crippen LogP contribution is -2.35. The number of carbonyl (C=O) groups excluding carboxylic acids is 2. The number of halogens is 1. The van der Waals surface area contributed by atoms with Gasteiger partial charge in [-0.1, -0.05) is 58.8 Å². The zero-order chi connectivity index (χ0) is 42.1. The summed E-state index contributed by atoms with van der Waals surface area (Å²) in [6.45, 7) is -0.107. The van der Waals surface area contributed by atoms with Crippen molar-refractivity contribution in [2.24, 2.45) is 5.73 Å². The van der Waals surface area contributed by atoms with E-state index in [0.29, 0.717) is 67.7 Å². The standard InChI is InChI=1S/C46H41N7O8.ClH/c47-24-34-21-32(17-19-39(34)58-36-5-1-2-6-36)44-50-42(52-60-44)30-13-9-28(10-14-30)26-56-41(54)23-38(49)46(55)57-27-29-11-15-31(16-12-29)43-51-45(61-53-43)33-18-20-40(35(22-33)25-48)59-37-7-3-4-8-37;/h9-22,36-38H,1-8,23,26-27,49H2;1H/t38-;/m0./s1. The number of hydrogen-bond acceptors (Lipinski definition) is 15. The number of aromatic nitrogens is 4. The molecule has 0 bridgehead atoms. The van der Waals surface area contributed by atoms with Crippen LogP contribution in [0.5, 0.6) is 11.5 Å². The van der Waals surface area contributed by atoms with E-state index in [0.717, 1.165) is 51.4 Å². The van der Waals surface area contributed by atoms with Crippen molar-refractivity contribution in [3.05, 3.63) is 107 Å². The van der Waals surface area contributed by atoms with Gasteiger partial charge < -0.3 is 33.7 Å². The summed E-state index contributed by atoms with van der Waals surface area (Å²) < 4.78 is 33.8. The van der Waals surface area contributed by atoms with Crippen molar-refractivity contribution in [2.45, 2.75) is 89.3 Å². The van der Waals surface area contributed by atoms with Gasteiger partial charge in [-0.3, -0.25) is 9.59 Å². The molecule has 4 aromatic carbocycles. The van der Waals surface area contributed by atoms with E-state index in [4.69, 9.17) is 33.7 Å². The topological polar surface area (TPSA) is 222 Å². The Bertz CT molecular complexity index is 2590. The fourth-order valence-corrected chi connectivity index (χ4v) is 7.24. The summed E-state index contributed by atoms with van der Waals surface area (Å²) in [7, 11) is 0. The zero-order valence-corrected chi connectivity index (χ0v) is 34.3. The van der Waals surface area contributed by atoms with E-state index in [1.165, 1.54) is 0 Å². The highest BCUT2D eigenvalue weighted by Crippen LogP contribution is 2.32. The molecule has 2 heterocycles. The maximum absolute atomic E-state index is 12.6. The fourth-order valence-electron chi connectivity index (χ4n) is 7.24.